The van der Waals surface area contributed by atoms with Crippen molar-refractivity contribution in [2.75, 3.05) is 5.32 Å². The number of Topliss-reactive ketones (excluding diaryl/α,β-unsaturated/α-hetero) is 1. The molecule has 5 nitrogen and oxygen atoms in total. The van der Waals surface area contributed by atoms with Crippen LogP contribution in [0.15, 0.2) is 72.8 Å². The molecular weight excluding hydrogens is 371 g/mol. The summed E-state index contributed by atoms with van der Waals surface area (Å²) in [6.45, 7) is 1.72. The fourth-order valence-corrected chi connectivity index (χ4v) is 2.68. The van der Waals surface area contributed by atoms with Crippen LogP contribution in [-0.4, -0.2) is 17.6 Å². The van der Waals surface area contributed by atoms with E-state index in [1.165, 1.54) is 25.1 Å². The summed E-state index contributed by atoms with van der Waals surface area (Å²) < 4.78 is 12.9. The molecule has 0 bridgehead atoms. The Hall–Kier alpha value is -3.80. The number of hydrogen-bond acceptors (Lipinski definition) is 3. The third kappa shape index (κ3) is 5.35. The Kier molecular flexibility index (Phi) is 6.14. The van der Waals surface area contributed by atoms with Gasteiger partial charge in [-0.3, -0.25) is 14.4 Å². The topological polar surface area (TPSA) is 75.3 Å². The molecule has 0 aliphatic heterocycles. The Labute approximate surface area is 167 Å². The summed E-state index contributed by atoms with van der Waals surface area (Å²) in [6, 6.07) is 18.8. The van der Waals surface area contributed by atoms with Gasteiger partial charge in [0.05, 0.1) is 0 Å². The molecule has 2 amide bonds. The van der Waals surface area contributed by atoms with Crippen LogP contribution in [0, 0.1) is 5.82 Å². The van der Waals surface area contributed by atoms with Crippen molar-refractivity contribution in [1.29, 1.82) is 0 Å². The van der Waals surface area contributed by atoms with E-state index in [-0.39, 0.29) is 30.0 Å². The molecule has 0 aliphatic carbocycles. The molecule has 0 aliphatic rings. The highest BCUT2D eigenvalue weighted by atomic mass is 19.1. The lowest BCUT2D eigenvalue weighted by Gasteiger charge is -2.09. The zero-order valence-corrected chi connectivity index (χ0v) is 15.7. The summed E-state index contributed by atoms with van der Waals surface area (Å²) in [5.74, 6) is -1.10. The van der Waals surface area contributed by atoms with E-state index in [2.05, 4.69) is 10.6 Å². The number of rotatable bonds is 6. The lowest BCUT2D eigenvalue weighted by molar-refractivity contribution is 0.0950. The summed E-state index contributed by atoms with van der Waals surface area (Å²) in [6.07, 6.45) is 0. The van der Waals surface area contributed by atoms with Gasteiger partial charge in [-0.1, -0.05) is 18.2 Å². The molecule has 0 spiro atoms. The molecule has 2 N–H and O–H groups in total. The summed E-state index contributed by atoms with van der Waals surface area (Å²) in [5.41, 5.74) is 2.54. The summed E-state index contributed by atoms with van der Waals surface area (Å²) in [4.78, 5) is 36.2. The minimum absolute atomic E-state index is 0.0535. The smallest absolute Gasteiger partial charge is 0.255 e. The van der Waals surface area contributed by atoms with Crippen LogP contribution >= 0.6 is 0 Å². The zero-order chi connectivity index (χ0) is 20.8. The first-order valence-corrected chi connectivity index (χ1v) is 8.97. The standard InChI is InChI=1S/C23H19FN2O3/c1-15(27)17-7-11-21(12-8-17)26-23(29)19-4-2-3-18(13-19)22(28)25-14-16-5-9-20(24)10-6-16/h2-13H,14H2,1H3,(H,25,28)(H,26,29). The number of benzene rings is 3. The third-order valence-electron chi connectivity index (χ3n) is 4.30. The highest BCUT2D eigenvalue weighted by molar-refractivity contribution is 6.06. The SMILES string of the molecule is CC(=O)c1ccc(NC(=O)c2cccc(C(=O)NCc3ccc(F)cc3)c2)cc1. The molecule has 6 heteroatoms. The normalized spacial score (nSPS) is 10.3. The van der Waals surface area contributed by atoms with Crippen molar-refractivity contribution in [3.8, 4) is 0 Å². The van der Waals surface area contributed by atoms with Gasteiger partial charge in [-0.2, -0.15) is 0 Å². The molecule has 0 aromatic heterocycles. The molecule has 0 saturated heterocycles. The number of anilines is 1. The lowest BCUT2D eigenvalue weighted by atomic mass is 10.1. The molecular formula is C23H19FN2O3. The van der Waals surface area contributed by atoms with Crippen LogP contribution in [0.2, 0.25) is 0 Å². The van der Waals surface area contributed by atoms with Crippen LogP contribution in [0.4, 0.5) is 10.1 Å². The predicted octanol–water partition coefficient (Wildman–Crippen LogP) is 4.21. The van der Waals surface area contributed by atoms with Crippen molar-refractivity contribution in [1.82, 2.24) is 5.32 Å². The van der Waals surface area contributed by atoms with E-state index in [1.807, 2.05) is 0 Å². The van der Waals surface area contributed by atoms with Crippen molar-refractivity contribution in [3.05, 3.63) is 101 Å². The molecule has 0 fully saturated rings. The molecule has 0 saturated carbocycles. The van der Waals surface area contributed by atoms with Crippen LogP contribution in [0.5, 0.6) is 0 Å². The summed E-state index contributed by atoms with van der Waals surface area (Å²) in [5, 5.41) is 5.48. The minimum Gasteiger partial charge on any atom is -0.348 e. The molecule has 146 valence electrons. The molecule has 3 rings (SSSR count). The third-order valence-corrected chi connectivity index (χ3v) is 4.30. The largest absolute Gasteiger partial charge is 0.348 e. The average Bonchev–Trinajstić information content (AvgIpc) is 2.73. The maximum Gasteiger partial charge on any atom is 0.255 e. The Bertz CT molecular complexity index is 1040. The maximum atomic E-state index is 12.9. The molecule has 0 unspecified atom stereocenters. The van der Waals surface area contributed by atoms with E-state index >= 15 is 0 Å². The summed E-state index contributed by atoms with van der Waals surface area (Å²) >= 11 is 0. The van der Waals surface area contributed by atoms with Crippen molar-refractivity contribution < 1.29 is 18.8 Å². The van der Waals surface area contributed by atoms with Gasteiger partial charge in [-0.15, -0.1) is 0 Å². The second kappa shape index (κ2) is 8.93. The van der Waals surface area contributed by atoms with Gasteiger partial charge in [0.1, 0.15) is 5.82 Å². The van der Waals surface area contributed by atoms with Crippen molar-refractivity contribution in [3.63, 3.8) is 0 Å². The highest BCUT2D eigenvalue weighted by Crippen LogP contribution is 2.13. The van der Waals surface area contributed by atoms with Gasteiger partial charge in [-0.05, 0) is 67.1 Å². The van der Waals surface area contributed by atoms with Gasteiger partial charge in [0.2, 0.25) is 0 Å². The fraction of sp³-hybridized carbons (Fsp3) is 0.0870. The number of hydrogen-bond donors (Lipinski definition) is 2. The molecule has 29 heavy (non-hydrogen) atoms. The Balaban J connectivity index is 1.64. The quantitative estimate of drug-likeness (QED) is 0.619. The Morgan fingerprint density at radius 2 is 1.41 bits per heavy atom. The van der Waals surface area contributed by atoms with Crippen LogP contribution < -0.4 is 10.6 Å². The first-order chi connectivity index (χ1) is 13.9. The van der Waals surface area contributed by atoms with Gasteiger partial charge in [0.25, 0.3) is 11.8 Å². The Morgan fingerprint density at radius 1 is 0.793 bits per heavy atom. The fourth-order valence-electron chi connectivity index (χ4n) is 2.68. The van der Waals surface area contributed by atoms with E-state index in [0.29, 0.717) is 22.4 Å². The number of carbonyl (C=O) groups is 3. The van der Waals surface area contributed by atoms with Gasteiger partial charge in [0, 0.05) is 28.9 Å². The van der Waals surface area contributed by atoms with Gasteiger partial charge in [-0.25, -0.2) is 4.39 Å². The summed E-state index contributed by atoms with van der Waals surface area (Å²) in [7, 11) is 0. The van der Waals surface area contributed by atoms with E-state index in [9.17, 15) is 18.8 Å². The monoisotopic (exact) mass is 390 g/mol. The zero-order valence-electron chi connectivity index (χ0n) is 15.7. The Morgan fingerprint density at radius 3 is 2.03 bits per heavy atom. The van der Waals surface area contributed by atoms with Gasteiger partial charge >= 0.3 is 0 Å². The highest BCUT2D eigenvalue weighted by Gasteiger charge is 2.11. The number of carbonyl (C=O) groups excluding carboxylic acids is 3. The predicted molar refractivity (Wildman–Crippen MR) is 108 cm³/mol. The lowest BCUT2D eigenvalue weighted by Crippen LogP contribution is -2.23. The van der Waals surface area contributed by atoms with E-state index < -0.39 is 0 Å². The average molecular weight is 390 g/mol. The number of halogens is 1. The van der Waals surface area contributed by atoms with Crippen molar-refractivity contribution >= 4 is 23.3 Å². The maximum absolute atomic E-state index is 12.9. The van der Waals surface area contributed by atoms with Crippen molar-refractivity contribution in [2.45, 2.75) is 13.5 Å². The molecule has 3 aromatic carbocycles. The van der Waals surface area contributed by atoms with Crippen LogP contribution in [0.3, 0.4) is 0 Å². The molecule has 0 radical (unpaired) electrons. The first-order valence-electron chi connectivity index (χ1n) is 8.97. The van der Waals surface area contributed by atoms with Crippen LogP contribution in [-0.2, 0) is 6.54 Å². The first kappa shape index (κ1) is 19.9. The second-order valence-corrected chi connectivity index (χ2v) is 6.48. The minimum atomic E-state index is -0.367. The molecule has 0 atom stereocenters. The van der Waals surface area contributed by atoms with Crippen LogP contribution in [0.1, 0.15) is 43.6 Å². The van der Waals surface area contributed by atoms with E-state index in [0.717, 1.165) is 5.56 Å². The number of nitrogens with one attached hydrogen (secondary N) is 2. The van der Waals surface area contributed by atoms with E-state index in [1.54, 1.807) is 54.6 Å². The van der Waals surface area contributed by atoms with Crippen LogP contribution in [0.25, 0.3) is 0 Å². The molecule has 0 heterocycles. The van der Waals surface area contributed by atoms with E-state index in [4.69, 9.17) is 0 Å². The van der Waals surface area contributed by atoms with Gasteiger partial charge < -0.3 is 10.6 Å². The number of ketones is 1. The van der Waals surface area contributed by atoms with Crippen molar-refractivity contribution in [2.24, 2.45) is 0 Å². The number of amides is 2. The van der Waals surface area contributed by atoms with Gasteiger partial charge in [0.15, 0.2) is 5.78 Å². The second-order valence-electron chi connectivity index (χ2n) is 6.48. The molecule has 3 aromatic rings.